The van der Waals surface area contributed by atoms with Gasteiger partial charge in [0.2, 0.25) is 0 Å². The van der Waals surface area contributed by atoms with Crippen LogP contribution in [0.2, 0.25) is 10.0 Å². The molecular formula is C28H16Cl2O6. The molecule has 6 nitrogen and oxygen atoms in total. The smallest absolute Gasteiger partial charge is 0.395 e. The number of ether oxygens (including phenoxy) is 4. The fourth-order valence-electron chi connectivity index (χ4n) is 3.71. The van der Waals surface area contributed by atoms with Crippen molar-refractivity contribution >= 4 is 57.1 Å². The molecule has 0 saturated heterocycles. The third-order valence-corrected chi connectivity index (χ3v) is 6.05. The van der Waals surface area contributed by atoms with E-state index < -0.39 is 12.3 Å². The molecule has 0 aliphatic carbocycles. The number of halogens is 2. The van der Waals surface area contributed by atoms with Gasteiger partial charge < -0.3 is 18.9 Å². The number of para-hydroxylation sites is 2. The van der Waals surface area contributed by atoms with Crippen LogP contribution in [0.25, 0.3) is 21.5 Å². The number of rotatable bonds is 4. The van der Waals surface area contributed by atoms with Gasteiger partial charge in [-0.05, 0) is 36.4 Å². The largest absolute Gasteiger partial charge is 0.519 e. The maximum Gasteiger partial charge on any atom is 0.519 e. The van der Waals surface area contributed by atoms with E-state index in [0.29, 0.717) is 27.7 Å². The zero-order valence-electron chi connectivity index (χ0n) is 18.4. The monoisotopic (exact) mass is 518 g/mol. The third kappa shape index (κ3) is 4.77. The SMILES string of the molecule is O=C(Oc1ccccc1)Oc1c2ccccc2c(OC(=O)Oc2ccccc2)c2c(Cl)c(Cl)ccc12. The second-order valence-corrected chi connectivity index (χ2v) is 8.31. The van der Waals surface area contributed by atoms with Crippen LogP contribution in [0.1, 0.15) is 0 Å². The van der Waals surface area contributed by atoms with Crippen molar-refractivity contribution in [3.8, 4) is 23.0 Å². The summed E-state index contributed by atoms with van der Waals surface area (Å²) in [6.07, 6.45) is -1.92. The third-order valence-electron chi connectivity index (χ3n) is 5.24. The van der Waals surface area contributed by atoms with Crippen LogP contribution in [0.5, 0.6) is 23.0 Å². The predicted octanol–water partition coefficient (Wildman–Crippen LogP) is 8.46. The average molecular weight is 519 g/mol. The van der Waals surface area contributed by atoms with Crippen LogP contribution < -0.4 is 18.9 Å². The van der Waals surface area contributed by atoms with Crippen molar-refractivity contribution in [1.29, 1.82) is 0 Å². The van der Waals surface area contributed by atoms with Crippen molar-refractivity contribution in [2.45, 2.75) is 0 Å². The predicted molar refractivity (Wildman–Crippen MR) is 138 cm³/mol. The number of benzene rings is 5. The summed E-state index contributed by atoms with van der Waals surface area (Å²) in [5.41, 5.74) is 0. The first kappa shape index (κ1) is 23.5. The summed E-state index contributed by atoms with van der Waals surface area (Å²) in [6.45, 7) is 0. The highest BCUT2D eigenvalue weighted by atomic mass is 35.5. The summed E-state index contributed by atoms with van der Waals surface area (Å²) in [7, 11) is 0. The van der Waals surface area contributed by atoms with E-state index in [1.54, 1.807) is 97.1 Å². The minimum atomic E-state index is -0.971. The average Bonchev–Trinajstić information content (AvgIpc) is 2.89. The molecular weight excluding hydrogens is 503 g/mol. The molecule has 5 rings (SSSR count). The lowest BCUT2D eigenvalue weighted by Crippen LogP contribution is -2.16. The maximum absolute atomic E-state index is 12.7. The van der Waals surface area contributed by atoms with E-state index in [4.69, 9.17) is 42.1 Å². The fraction of sp³-hybridized carbons (Fsp3) is 0. The number of carbonyl (C=O) groups is 2. The van der Waals surface area contributed by atoms with Gasteiger partial charge in [0.1, 0.15) is 11.5 Å². The molecule has 0 fully saturated rings. The van der Waals surface area contributed by atoms with Gasteiger partial charge in [0.15, 0.2) is 11.5 Å². The lowest BCUT2D eigenvalue weighted by Gasteiger charge is -2.17. The summed E-state index contributed by atoms with van der Waals surface area (Å²) >= 11 is 12.9. The first-order chi connectivity index (χ1) is 17.5. The highest BCUT2D eigenvalue weighted by molar-refractivity contribution is 6.46. The minimum absolute atomic E-state index is 0.109. The molecule has 0 aromatic heterocycles. The van der Waals surface area contributed by atoms with E-state index in [-0.39, 0.29) is 26.9 Å². The zero-order chi connectivity index (χ0) is 25.1. The maximum atomic E-state index is 12.7. The van der Waals surface area contributed by atoms with E-state index in [2.05, 4.69) is 0 Å². The van der Waals surface area contributed by atoms with Crippen molar-refractivity contribution in [2.24, 2.45) is 0 Å². The lowest BCUT2D eigenvalue weighted by molar-refractivity contribution is 0.151. The van der Waals surface area contributed by atoms with Gasteiger partial charge in [-0.3, -0.25) is 0 Å². The van der Waals surface area contributed by atoms with Crippen molar-refractivity contribution in [3.63, 3.8) is 0 Å². The van der Waals surface area contributed by atoms with Gasteiger partial charge in [-0.2, -0.15) is 0 Å². The van der Waals surface area contributed by atoms with Crippen LogP contribution >= 0.6 is 23.2 Å². The summed E-state index contributed by atoms with van der Waals surface area (Å²) in [6, 6.07) is 27.1. The summed E-state index contributed by atoms with van der Waals surface area (Å²) in [5, 5.41) is 1.92. The first-order valence-corrected chi connectivity index (χ1v) is 11.5. The Morgan fingerprint density at radius 1 is 0.500 bits per heavy atom. The van der Waals surface area contributed by atoms with Crippen molar-refractivity contribution in [3.05, 3.63) is 107 Å². The zero-order valence-corrected chi connectivity index (χ0v) is 20.0. The van der Waals surface area contributed by atoms with Crippen LogP contribution in [-0.2, 0) is 0 Å². The normalized spacial score (nSPS) is 10.7. The van der Waals surface area contributed by atoms with E-state index in [9.17, 15) is 9.59 Å². The molecule has 0 aliphatic rings. The fourth-order valence-corrected chi connectivity index (χ4v) is 4.12. The Morgan fingerprint density at radius 2 is 0.972 bits per heavy atom. The molecule has 0 N–H and O–H groups in total. The van der Waals surface area contributed by atoms with Gasteiger partial charge >= 0.3 is 12.3 Å². The first-order valence-electron chi connectivity index (χ1n) is 10.7. The molecule has 0 bridgehead atoms. The van der Waals surface area contributed by atoms with Gasteiger partial charge in [-0.1, -0.05) is 83.9 Å². The van der Waals surface area contributed by atoms with Gasteiger partial charge in [0.25, 0.3) is 0 Å². The van der Waals surface area contributed by atoms with Crippen molar-refractivity contribution in [1.82, 2.24) is 0 Å². The van der Waals surface area contributed by atoms with Crippen LogP contribution in [-0.4, -0.2) is 12.3 Å². The van der Waals surface area contributed by atoms with Gasteiger partial charge in [0.05, 0.1) is 10.0 Å². The van der Waals surface area contributed by atoms with Crippen LogP contribution in [0.15, 0.2) is 97.1 Å². The minimum Gasteiger partial charge on any atom is -0.395 e. The molecule has 36 heavy (non-hydrogen) atoms. The number of hydrogen-bond donors (Lipinski definition) is 0. The van der Waals surface area contributed by atoms with Crippen molar-refractivity contribution in [2.75, 3.05) is 0 Å². The molecule has 0 atom stereocenters. The molecule has 0 unspecified atom stereocenters. The van der Waals surface area contributed by atoms with Crippen LogP contribution in [0.4, 0.5) is 9.59 Å². The summed E-state index contributed by atoms with van der Waals surface area (Å²) < 4.78 is 21.9. The topological polar surface area (TPSA) is 71.1 Å². The molecule has 0 spiro atoms. The molecule has 0 saturated carbocycles. The molecule has 178 valence electrons. The second kappa shape index (κ2) is 10.2. The summed E-state index contributed by atoms with van der Waals surface area (Å²) in [5.74, 6) is 0.909. The molecule has 8 heteroatoms. The molecule has 0 heterocycles. The second-order valence-electron chi connectivity index (χ2n) is 7.52. The van der Waals surface area contributed by atoms with Gasteiger partial charge in [-0.15, -0.1) is 0 Å². The van der Waals surface area contributed by atoms with E-state index in [1.165, 1.54) is 0 Å². The molecule has 5 aromatic rings. The van der Waals surface area contributed by atoms with Crippen molar-refractivity contribution < 1.29 is 28.5 Å². The Morgan fingerprint density at radius 3 is 1.53 bits per heavy atom. The van der Waals surface area contributed by atoms with E-state index in [1.807, 2.05) is 0 Å². The summed E-state index contributed by atoms with van der Waals surface area (Å²) in [4.78, 5) is 25.4. The molecule has 0 radical (unpaired) electrons. The highest BCUT2D eigenvalue weighted by Gasteiger charge is 2.24. The van der Waals surface area contributed by atoms with E-state index >= 15 is 0 Å². The Balaban J connectivity index is 1.61. The molecule has 0 aliphatic heterocycles. The van der Waals surface area contributed by atoms with Gasteiger partial charge in [0, 0.05) is 21.5 Å². The Labute approximate surface area is 215 Å². The highest BCUT2D eigenvalue weighted by Crippen LogP contribution is 2.47. The Bertz CT molecular complexity index is 1590. The molecule has 5 aromatic carbocycles. The Hall–Kier alpha value is -4.26. The number of hydrogen-bond acceptors (Lipinski definition) is 6. The standard InChI is InChI=1S/C28H16Cl2O6/c29-22-16-15-21-23(24(22)30)26(36-28(32)34-18-11-5-2-6-12-18)20-14-8-7-13-19(20)25(21)35-27(31)33-17-9-3-1-4-10-17/h1-16H. The van der Waals surface area contributed by atoms with Crippen LogP contribution in [0.3, 0.4) is 0 Å². The van der Waals surface area contributed by atoms with Crippen LogP contribution in [0, 0.1) is 0 Å². The molecule has 0 amide bonds. The Kier molecular flexibility index (Phi) is 6.62. The van der Waals surface area contributed by atoms with Gasteiger partial charge in [-0.25, -0.2) is 9.59 Å². The lowest BCUT2D eigenvalue weighted by atomic mass is 10.0. The van der Waals surface area contributed by atoms with E-state index in [0.717, 1.165) is 0 Å². The number of carbonyl (C=O) groups excluding carboxylic acids is 2. The quantitative estimate of drug-likeness (QED) is 0.135. The number of fused-ring (bicyclic) bond motifs is 2.